The lowest BCUT2D eigenvalue weighted by atomic mass is 10.3. The maximum atomic E-state index is 11.5. The molecule has 0 aliphatic rings. The molecular weight excluding hydrogens is 214 g/mol. The molecule has 0 aromatic carbocycles. The van der Waals surface area contributed by atoms with E-state index in [2.05, 4.69) is 4.74 Å². The van der Waals surface area contributed by atoms with Crippen LogP contribution in [0.15, 0.2) is 0 Å². The van der Waals surface area contributed by atoms with Gasteiger partial charge in [0, 0.05) is 19.3 Å². The van der Waals surface area contributed by atoms with E-state index in [1.54, 1.807) is 19.0 Å². The van der Waals surface area contributed by atoms with E-state index in [1.807, 2.05) is 13.8 Å². The molecule has 0 heterocycles. The van der Waals surface area contributed by atoms with Crippen molar-refractivity contribution in [1.29, 1.82) is 0 Å². The van der Waals surface area contributed by atoms with Crippen molar-refractivity contribution in [3.8, 4) is 0 Å². The molecule has 0 aromatic heterocycles. The van der Waals surface area contributed by atoms with Crippen LogP contribution < -0.4 is 0 Å². The van der Waals surface area contributed by atoms with Crippen LogP contribution >= 0.6 is 11.8 Å². The summed E-state index contributed by atoms with van der Waals surface area (Å²) in [7, 11) is 4.82. The lowest BCUT2D eigenvalue weighted by Crippen LogP contribution is -2.31. The minimum absolute atomic E-state index is 0.0664. The number of ether oxygens (including phenoxy) is 1. The van der Waals surface area contributed by atoms with Gasteiger partial charge in [0.05, 0.1) is 18.8 Å². The van der Waals surface area contributed by atoms with Gasteiger partial charge in [0.25, 0.3) is 0 Å². The third-order valence-corrected chi connectivity index (χ3v) is 3.15. The highest BCUT2D eigenvalue weighted by atomic mass is 32.2. The minimum Gasteiger partial charge on any atom is -0.469 e. The van der Waals surface area contributed by atoms with Crippen LogP contribution in [-0.2, 0) is 14.3 Å². The normalized spacial score (nSPS) is 14.2. The summed E-state index contributed by atoms with van der Waals surface area (Å²) >= 11 is 1.49. The lowest BCUT2D eigenvalue weighted by molar-refractivity contribution is -0.140. The number of carbonyl (C=O) groups is 2. The van der Waals surface area contributed by atoms with Crippen molar-refractivity contribution in [3.63, 3.8) is 0 Å². The van der Waals surface area contributed by atoms with Crippen molar-refractivity contribution in [2.75, 3.05) is 21.2 Å². The van der Waals surface area contributed by atoms with E-state index in [0.29, 0.717) is 6.42 Å². The molecule has 0 saturated heterocycles. The summed E-state index contributed by atoms with van der Waals surface area (Å²) < 4.78 is 4.56. The van der Waals surface area contributed by atoms with E-state index >= 15 is 0 Å². The number of rotatable bonds is 5. The molecule has 5 heteroatoms. The monoisotopic (exact) mass is 233 g/mol. The van der Waals surface area contributed by atoms with Crippen molar-refractivity contribution in [1.82, 2.24) is 4.90 Å². The van der Waals surface area contributed by atoms with Crippen LogP contribution in [0.25, 0.3) is 0 Å². The first-order valence-electron chi connectivity index (χ1n) is 4.82. The molecule has 15 heavy (non-hydrogen) atoms. The second-order valence-electron chi connectivity index (χ2n) is 3.60. The number of thioether (sulfide) groups is 1. The second-order valence-corrected chi connectivity index (χ2v) is 5.39. The largest absolute Gasteiger partial charge is 0.469 e. The Morgan fingerprint density at radius 2 is 1.87 bits per heavy atom. The van der Waals surface area contributed by atoms with Gasteiger partial charge in [0.2, 0.25) is 5.91 Å². The summed E-state index contributed by atoms with van der Waals surface area (Å²) in [4.78, 5) is 24.1. The summed E-state index contributed by atoms with van der Waals surface area (Å²) in [6.45, 7) is 3.77. The molecule has 0 aliphatic carbocycles. The molecule has 88 valence electrons. The molecule has 1 amide bonds. The van der Waals surface area contributed by atoms with Gasteiger partial charge >= 0.3 is 5.97 Å². The van der Waals surface area contributed by atoms with E-state index in [0.717, 1.165) is 0 Å². The van der Waals surface area contributed by atoms with Gasteiger partial charge in [-0.15, -0.1) is 11.8 Å². The molecule has 0 saturated carbocycles. The number of amides is 1. The first-order chi connectivity index (χ1) is 6.88. The van der Waals surface area contributed by atoms with Crippen LogP contribution in [0.1, 0.15) is 20.3 Å². The van der Waals surface area contributed by atoms with Gasteiger partial charge < -0.3 is 9.64 Å². The van der Waals surface area contributed by atoms with Crippen LogP contribution in [0.2, 0.25) is 0 Å². The number of methoxy groups -OCH3 is 1. The predicted octanol–water partition coefficient (Wildman–Crippen LogP) is 1.15. The van der Waals surface area contributed by atoms with Gasteiger partial charge in [0.15, 0.2) is 0 Å². The van der Waals surface area contributed by atoms with Crippen molar-refractivity contribution in [2.45, 2.75) is 30.8 Å². The summed E-state index contributed by atoms with van der Waals surface area (Å²) in [6.07, 6.45) is 0.339. The third kappa shape index (κ3) is 5.67. The zero-order valence-electron chi connectivity index (χ0n) is 9.94. The number of hydrogen-bond acceptors (Lipinski definition) is 4. The Morgan fingerprint density at radius 3 is 2.27 bits per heavy atom. The SMILES string of the molecule is COC(=O)CC(C)SC(C)C(=O)N(C)C. The third-order valence-electron chi connectivity index (χ3n) is 1.91. The fourth-order valence-electron chi connectivity index (χ4n) is 1.14. The number of hydrogen-bond donors (Lipinski definition) is 0. The second kappa shape index (κ2) is 6.71. The Balaban J connectivity index is 4.01. The quantitative estimate of drug-likeness (QED) is 0.668. The lowest BCUT2D eigenvalue weighted by Gasteiger charge is -2.19. The predicted molar refractivity (Wildman–Crippen MR) is 61.8 cm³/mol. The smallest absolute Gasteiger partial charge is 0.306 e. The highest BCUT2D eigenvalue weighted by molar-refractivity contribution is 8.01. The highest BCUT2D eigenvalue weighted by Crippen LogP contribution is 2.21. The summed E-state index contributed by atoms with van der Waals surface area (Å²) in [5.41, 5.74) is 0. The van der Waals surface area contributed by atoms with Crippen molar-refractivity contribution < 1.29 is 14.3 Å². The standard InChI is InChI=1S/C10H19NO3S/c1-7(6-9(12)14-5)15-8(2)10(13)11(3)4/h7-8H,6H2,1-5H3. The molecule has 0 N–H and O–H groups in total. The van der Waals surface area contributed by atoms with Crippen LogP contribution in [0.4, 0.5) is 0 Å². The van der Waals surface area contributed by atoms with Gasteiger partial charge in [-0.2, -0.15) is 0 Å². The number of carbonyl (C=O) groups excluding carboxylic acids is 2. The molecule has 0 bridgehead atoms. The first kappa shape index (κ1) is 14.3. The topological polar surface area (TPSA) is 46.6 Å². The zero-order chi connectivity index (χ0) is 12.0. The molecule has 0 spiro atoms. The Labute approximate surface area is 95.3 Å². The van der Waals surface area contributed by atoms with E-state index < -0.39 is 0 Å². The van der Waals surface area contributed by atoms with E-state index in [9.17, 15) is 9.59 Å². The van der Waals surface area contributed by atoms with Gasteiger partial charge in [-0.1, -0.05) is 6.92 Å². The highest BCUT2D eigenvalue weighted by Gasteiger charge is 2.20. The number of esters is 1. The average molecular weight is 233 g/mol. The fourth-order valence-corrected chi connectivity index (χ4v) is 2.39. The summed E-state index contributed by atoms with van der Waals surface area (Å²) in [5, 5.41) is -0.0315. The molecule has 0 aliphatic heterocycles. The zero-order valence-corrected chi connectivity index (χ0v) is 10.8. The van der Waals surface area contributed by atoms with Crippen LogP contribution in [0, 0.1) is 0 Å². The van der Waals surface area contributed by atoms with Gasteiger partial charge in [-0.25, -0.2) is 0 Å². The Hall–Kier alpha value is -0.710. The van der Waals surface area contributed by atoms with E-state index in [1.165, 1.54) is 18.9 Å². The molecule has 2 unspecified atom stereocenters. The maximum absolute atomic E-state index is 11.5. The van der Waals surface area contributed by atoms with Crippen molar-refractivity contribution in [2.24, 2.45) is 0 Å². The molecule has 0 rings (SSSR count). The first-order valence-corrected chi connectivity index (χ1v) is 5.76. The maximum Gasteiger partial charge on any atom is 0.306 e. The molecule has 0 fully saturated rings. The van der Waals surface area contributed by atoms with Crippen LogP contribution in [0.5, 0.6) is 0 Å². The minimum atomic E-state index is -0.237. The van der Waals surface area contributed by atoms with Crippen LogP contribution in [0.3, 0.4) is 0 Å². The average Bonchev–Trinajstić information content (AvgIpc) is 2.15. The molecule has 2 atom stereocenters. The van der Waals surface area contributed by atoms with E-state index in [-0.39, 0.29) is 22.4 Å². The van der Waals surface area contributed by atoms with Gasteiger partial charge in [-0.05, 0) is 6.92 Å². The summed E-state index contributed by atoms with van der Waals surface area (Å²) in [6, 6.07) is 0. The van der Waals surface area contributed by atoms with Crippen molar-refractivity contribution in [3.05, 3.63) is 0 Å². The Bertz CT molecular complexity index is 231. The molecule has 4 nitrogen and oxygen atoms in total. The van der Waals surface area contributed by atoms with Gasteiger partial charge in [0.1, 0.15) is 0 Å². The molecule has 0 aromatic rings. The van der Waals surface area contributed by atoms with Crippen LogP contribution in [-0.4, -0.2) is 48.5 Å². The fraction of sp³-hybridized carbons (Fsp3) is 0.800. The van der Waals surface area contributed by atoms with Crippen molar-refractivity contribution >= 4 is 23.6 Å². The summed E-state index contributed by atoms with van der Waals surface area (Å²) in [5.74, 6) is -0.170. The number of nitrogens with zero attached hydrogens (tertiary/aromatic N) is 1. The molecule has 0 radical (unpaired) electrons. The van der Waals surface area contributed by atoms with E-state index in [4.69, 9.17) is 0 Å². The Kier molecular flexibility index (Phi) is 6.40. The Morgan fingerprint density at radius 1 is 1.33 bits per heavy atom. The molecular formula is C10H19NO3S. The van der Waals surface area contributed by atoms with Gasteiger partial charge in [-0.3, -0.25) is 9.59 Å².